The second kappa shape index (κ2) is 7.18. The van der Waals surface area contributed by atoms with Crippen LogP contribution in [0.1, 0.15) is 38.3 Å². The highest BCUT2D eigenvalue weighted by Gasteiger charge is 2.28. The third-order valence-corrected chi connectivity index (χ3v) is 4.94. The highest BCUT2D eigenvalue weighted by Crippen LogP contribution is 2.32. The van der Waals surface area contributed by atoms with Gasteiger partial charge in [0.1, 0.15) is 17.9 Å². The molecule has 0 fully saturated rings. The van der Waals surface area contributed by atoms with Crippen LogP contribution < -0.4 is 4.74 Å². The van der Waals surface area contributed by atoms with Gasteiger partial charge in [0, 0.05) is 5.56 Å². The number of benzene rings is 2. The average Bonchev–Trinajstić information content (AvgIpc) is 2.63. The number of carbonyl (C=O) groups excluding carboxylic acids is 2. The molecule has 4 nitrogen and oxygen atoms in total. The summed E-state index contributed by atoms with van der Waals surface area (Å²) in [7, 11) is 1.32. The van der Waals surface area contributed by atoms with Crippen molar-refractivity contribution in [3.63, 3.8) is 0 Å². The number of methoxy groups -OCH3 is 1. The molecule has 24 heavy (non-hydrogen) atoms. The molecule has 5 heteroatoms. The minimum absolute atomic E-state index is 0.00369. The van der Waals surface area contributed by atoms with Gasteiger partial charge in [0.2, 0.25) is 0 Å². The first-order chi connectivity index (χ1) is 11.6. The standard InChI is InChI=1S/C19H17BrO4/c1-23-19(22)15-10-14-13(7-8-16(20)18(14)21)9-17(15)24-11-12-5-3-2-4-6-12/h2-6,9-10,16H,7-8,11H2,1H3. The van der Waals surface area contributed by atoms with Crippen LogP contribution in [0.15, 0.2) is 42.5 Å². The molecule has 0 aromatic heterocycles. The lowest BCUT2D eigenvalue weighted by Gasteiger charge is -2.21. The van der Waals surface area contributed by atoms with Crippen LogP contribution >= 0.6 is 15.9 Å². The van der Waals surface area contributed by atoms with Crippen LogP contribution in [-0.4, -0.2) is 23.7 Å². The Morgan fingerprint density at radius 2 is 2.00 bits per heavy atom. The Morgan fingerprint density at radius 3 is 2.71 bits per heavy atom. The Bertz CT molecular complexity index is 770. The predicted octanol–water partition coefficient (Wildman–Crippen LogP) is 3.94. The number of hydrogen-bond donors (Lipinski definition) is 0. The molecule has 2 aromatic carbocycles. The predicted molar refractivity (Wildman–Crippen MR) is 93.9 cm³/mol. The quantitative estimate of drug-likeness (QED) is 0.587. The maximum absolute atomic E-state index is 12.3. The molecule has 0 saturated carbocycles. The van der Waals surface area contributed by atoms with Gasteiger partial charge in [-0.2, -0.15) is 0 Å². The molecule has 1 unspecified atom stereocenters. The zero-order valence-electron chi connectivity index (χ0n) is 13.3. The van der Waals surface area contributed by atoms with E-state index < -0.39 is 5.97 Å². The number of fused-ring (bicyclic) bond motifs is 1. The first kappa shape index (κ1) is 16.7. The van der Waals surface area contributed by atoms with Crippen molar-refractivity contribution in [2.75, 3.05) is 7.11 Å². The third-order valence-electron chi connectivity index (χ3n) is 4.06. The SMILES string of the molecule is COC(=O)c1cc2c(cc1OCc1ccccc1)CCC(Br)C2=O. The average molecular weight is 389 g/mol. The van der Waals surface area contributed by atoms with Gasteiger partial charge in [0.25, 0.3) is 0 Å². The molecule has 0 radical (unpaired) electrons. The van der Waals surface area contributed by atoms with Crippen molar-refractivity contribution in [2.45, 2.75) is 24.3 Å². The van der Waals surface area contributed by atoms with Crippen LogP contribution in [0.2, 0.25) is 0 Å². The van der Waals surface area contributed by atoms with E-state index in [0.29, 0.717) is 17.9 Å². The fourth-order valence-electron chi connectivity index (χ4n) is 2.76. The molecule has 0 heterocycles. The van der Waals surface area contributed by atoms with E-state index >= 15 is 0 Å². The number of hydrogen-bond acceptors (Lipinski definition) is 4. The molecule has 1 aliphatic rings. The van der Waals surface area contributed by atoms with Crippen LogP contribution in [0.5, 0.6) is 5.75 Å². The summed E-state index contributed by atoms with van der Waals surface area (Å²) in [6.07, 6.45) is 1.50. The minimum Gasteiger partial charge on any atom is -0.488 e. The number of ketones is 1. The Kier molecular flexibility index (Phi) is 5.00. The molecule has 1 atom stereocenters. The van der Waals surface area contributed by atoms with E-state index in [2.05, 4.69) is 15.9 Å². The van der Waals surface area contributed by atoms with E-state index in [-0.39, 0.29) is 16.2 Å². The Hall–Kier alpha value is -2.14. The molecule has 0 N–H and O–H groups in total. The molecule has 3 rings (SSSR count). The second-order valence-electron chi connectivity index (χ2n) is 5.64. The summed E-state index contributed by atoms with van der Waals surface area (Å²) >= 11 is 3.39. The van der Waals surface area contributed by atoms with Crippen molar-refractivity contribution in [1.29, 1.82) is 0 Å². The molecule has 1 aliphatic carbocycles. The summed E-state index contributed by atoms with van der Waals surface area (Å²) in [4.78, 5) is 24.2. The number of esters is 1. The maximum Gasteiger partial charge on any atom is 0.341 e. The van der Waals surface area contributed by atoms with Gasteiger partial charge in [-0.05, 0) is 36.1 Å². The van der Waals surface area contributed by atoms with Gasteiger partial charge in [0.15, 0.2) is 5.78 Å². The van der Waals surface area contributed by atoms with Crippen LogP contribution in [0.25, 0.3) is 0 Å². The second-order valence-corrected chi connectivity index (χ2v) is 6.75. The Balaban J connectivity index is 1.95. The number of ether oxygens (including phenoxy) is 2. The Morgan fingerprint density at radius 1 is 1.25 bits per heavy atom. The van der Waals surface area contributed by atoms with Gasteiger partial charge in [-0.1, -0.05) is 46.3 Å². The van der Waals surface area contributed by atoms with Crippen LogP contribution in [0, 0.1) is 0 Å². The van der Waals surface area contributed by atoms with Gasteiger partial charge in [-0.3, -0.25) is 4.79 Å². The number of aryl methyl sites for hydroxylation is 1. The van der Waals surface area contributed by atoms with E-state index in [1.807, 2.05) is 30.3 Å². The van der Waals surface area contributed by atoms with E-state index in [1.165, 1.54) is 7.11 Å². The lowest BCUT2D eigenvalue weighted by Crippen LogP contribution is -2.23. The summed E-state index contributed by atoms with van der Waals surface area (Å²) in [6, 6.07) is 13.1. The zero-order chi connectivity index (χ0) is 17.1. The highest BCUT2D eigenvalue weighted by molar-refractivity contribution is 9.10. The molecular weight excluding hydrogens is 372 g/mol. The first-order valence-electron chi connectivity index (χ1n) is 7.70. The van der Waals surface area contributed by atoms with Crippen molar-refractivity contribution in [1.82, 2.24) is 0 Å². The number of halogens is 1. The molecule has 0 saturated heterocycles. The van der Waals surface area contributed by atoms with Gasteiger partial charge in [-0.15, -0.1) is 0 Å². The normalized spacial score (nSPS) is 16.4. The number of carbonyl (C=O) groups is 2. The van der Waals surface area contributed by atoms with Crippen LogP contribution in [-0.2, 0) is 17.8 Å². The van der Waals surface area contributed by atoms with E-state index in [0.717, 1.165) is 24.0 Å². The fraction of sp³-hybridized carbons (Fsp3) is 0.263. The van der Waals surface area contributed by atoms with Crippen LogP contribution in [0.3, 0.4) is 0 Å². The van der Waals surface area contributed by atoms with Crippen LogP contribution in [0.4, 0.5) is 0 Å². The topological polar surface area (TPSA) is 52.6 Å². The third kappa shape index (κ3) is 3.36. The summed E-state index contributed by atoms with van der Waals surface area (Å²) in [5.74, 6) is -0.0633. The Labute approximate surface area is 148 Å². The number of rotatable bonds is 4. The number of Topliss-reactive ketones (excluding diaryl/α,β-unsaturated/α-hetero) is 1. The van der Waals surface area contributed by atoms with Gasteiger partial charge < -0.3 is 9.47 Å². The maximum atomic E-state index is 12.3. The molecule has 124 valence electrons. The zero-order valence-corrected chi connectivity index (χ0v) is 14.8. The smallest absolute Gasteiger partial charge is 0.341 e. The van der Waals surface area contributed by atoms with Crippen molar-refractivity contribution in [3.05, 3.63) is 64.7 Å². The van der Waals surface area contributed by atoms with E-state index in [4.69, 9.17) is 9.47 Å². The van der Waals surface area contributed by atoms with Gasteiger partial charge >= 0.3 is 5.97 Å². The molecule has 0 spiro atoms. The summed E-state index contributed by atoms with van der Waals surface area (Å²) < 4.78 is 10.7. The lowest BCUT2D eigenvalue weighted by molar-refractivity contribution is 0.0595. The monoisotopic (exact) mass is 388 g/mol. The molecule has 0 aliphatic heterocycles. The van der Waals surface area contributed by atoms with Crippen molar-refractivity contribution < 1.29 is 19.1 Å². The number of alkyl halides is 1. The lowest BCUT2D eigenvalue weighted by atomic mass is 9.89. The highest BCUT2D eigenvalue weighted by atomic mass is 79.9. The molecule has 0 amide bonds. The minimum atomic E-state index is -0.509. The van der Waals surface area contributed by atoms with Crippen molar-refractivity contribution >= 4 is 27.7 Å². The first-order valence-corrected chi connectivity index (χ1v) is 8.62. The molecule has 0 bridgehead atoms. The fourth-order valence-corrected chi connectivity index (χ4v) is 3.24. The van der Waals surface area contributed by atoms with E-state index in [1.54, 1.807) is 12.1 Å². The van der Waals surface area contributed by atoms with Gasteiger partial charge in [0.05, 0.1) is 11.9 Å². The summed E-state index contributed by atoms with van der Waals surface area (Å²) in [5, 5.41) is 0. The van der Waals surface area contributed by atoms with Crippen molar-refractivity contribution in [3.8, 4) is 5.75 Å². The molecule has 2 aromatic rings. The summed E-state index contributed by atoms with van der Waals surface area (Å²) in [6.45, 7) is 0.346. The van der Waals surface area contributed by atoms with Gasteiger partial charge in [-0.25, -0.2) is 4.79 Å². The van der Waals surface area contributed by atoms with E-state index in [9.17, 15) is 9.59 Å². The summed E-state index contributed by atoms with van der Waals surface area (Å²) in [5.41, 5.74) is 2.76. The molecular formula is C19H17BrO4. The largest absolute Gasteiger partial charge is 0.488 e. The van der Waals surface area contributed by atoms with Crippen molar-refractivity contribution in [2.24, 2.45) is 0 Å².